The van der Waals surface area contributed by atoms with Crippen molar-refractivity contribution in [1.82, 2.24) is 4.57 Å². The number of para-hydroxylation sites is 6. The Balaban J connectivity index is 1.13. The van der Waals surface area contributed by atoms with Gasteiger partial charge in [0, 0.05) is 39.1 Å². The van der Waals surface area contributed by atoms with E-state index in [2.05, 4.69) is 204 Å². The van der Waals surface area contributed by atoms with Crippen LogP contribution in [0.15, 0.2) is 218 Å². The maximum Gasteiger partial charge on any atom is 0.181 e. The summed E-state index contributed by atoms with van der Waals surface area (Å²) in [4.78, 5) is 2.33. The van der Waals surface area contributed by atoms with E-state index < -0.39 is 8.07 Å². The summed E-state index contributed by atoms with van der Waals surface area (Å²) in [6.45, 7) is 0. The Hall–Kier alpha value is -7.60. The molecule has 12 rings (SSSR count). The average molecular weight is 773 g/mol. The summed E-state index contributed by atoms with van der Waals surface area (Å²) in [6.07, 6.45) is 0. The van der Waals surface area contributed by atoms with Crippen LogP contribution in [0, 0.1) is 0 Å². The molecule has 0 saturated carbocycles. The van der Waals surface area contributed by atoms with Crippen molar-refractivity contribution in [2.75, 3.05) is 4.90 Å². The molecule has 59 heavy (non-hydrogen) atoms. The summed E-state index contributed by atoms with van der Waals surface area (Å²) < 4.78 is 15.8. The van der Waals surface area contributed by atoms with Gasteiger partial charge >= 0.3 is 0 Å². The molecule has 9 aromatic carbocycles. The van der Waals surface area contributed by atoms with E-state index in [1.165, 1.54) is 48.1 Å². The molecule has 3 heterocycles. The van der Waals surface area contributed by atoms with Crippen molar-refractivity contribution in [3.05, 3.63) is 218 Å². The topological polar surface area (TPSA) is 26.6 Å². The number of anilines is 3. The van der Waals surface area contributed by atoms with E-state index in [-0.39, 0.29) is 0 Å². The molecule has 10 aromatic rings. The van der Waals surface area contributed by atoms with Gasteiger partial charge in [-0.05, 0) is 105 Å². The smallest absolute Gasteiger partial charge is 0.181 e. The summed E-state index contributed by atoms with van der Waals surface area (Å²) >= 11 is 0. The van der Waals surface area contributed by atoms with Crippen LogP contribution in [0.25, 0.3) is 38.6 Å². The predicted octanol–water partition coefficient (Wildman–Crippen LogP) is 11.5. The second-order valence-corrected chi connectivity index (χ2v) is 19.0. The summed E-state index contributed by atoms with van der Waals surface area (Å²) in [5.74, 6) is 2.97. The molecule has 0 aliphatic carbocycles. The number of nitrogens with zero attached hydrogens (tertiary/aromatic N) is 2. The number of rotatable bonds is 6. The minimum Gasteiger partial charge on any atom is -0.449 e. The molecule has 0 radical (unpaired) electrons. The zero-order chi connectivity index (χ0) is 38.9. The first kappa shape index (κ1) is 33.5. The molecule has 0 spiro atoms. The number of aromatic nitrogens is 1. The third-order valence-corrected chi connectivity index (χ3v) is 17.0. The van der Waals surface area contributed by atoms with Gasteiger partial charge in [-0.25, -0.2) is 0 Å². The van der Waals surface area contributed by atoms with Crippen molar-refractivity contribution < 1.29 is 9.47 Å². The number of ether oxygens (including phenoxy) is 2. The van der Waals surface area contributed by atoms with Crippen LogP contribution in [-0.4, -0.2) is 12.6 Å². The van der Waals surface area contributed by atoms with E-state index >= 15 is 0 Å². The lowest BCUT2D eigenvalue weighted by atomic mass is 10.0. The molecule has 278 valence electrons. The molecule has 0 fully saturated rings. The molecule has 0 N–H and O–H groups in total. The Morgan fingerprint density at radius 2 is 0.966 bits per heavy atom. The maximum atomic E-state index is 6.86. The molecule has 1 atom stereocenters. The summed E-state index contributed by atoms with van der Waals surface area (Å²) in [6, 6.07) is 78.7. The van der Waals surface area contributed by atoms with E-state index in [4.69, 9.17) is 9.47 Å². The van der Waals surface area contributed by atoms with Crippen LogP contribution in [0.3, 0.4) is 0 Å². The fourth-order valence-electron chi connectivity index (χ4n) is 9.66. The van der Waals surface area contributed by atoms with E-state index in [0.717, 1.165) is 51.3 Å². The Morgan fingerprint density at radius 1 is 0.390 bits per heavy atom. The second kappa shape index (κ2) is 13.2. The highest BCUT2D eigenvalue weighted by atomic mass is 28.3. The molecule has 1 unspecified atom stereocenters. The molecule has 4 nitrogen and oxygen atoms in total. The van der Waals surface area contributed by atoms with Crippen LogP contribution >= 0.6 is 0 Å². The van der Waals surface area contributed by atoms with Gasteiger partial charge < -0.3 is 18.9 Å². The van der Waals surface area contributed by atoms with Crippen LogP contribution in [-0.2, 0) is 0 Å². The quantitative estimate of drug-likeness (QED) is 0.158. The molecular weight excluding hydrogens is 737 g/mol. The first-order chi connectivity index (χ1) is 29.3. The Kier molecular flexibility index (Phi) is 7.52. The molecule has 1 aromatic heterocycles. The lowest BCUT2D eigenvalue weighted by Gasteiger charge is -2.33. The second-order valence-electron chi connectivity index (χ2n) is 15.2. The number of fused-ring (bicyclic) bond motifs is 9. The molecular formula is C54H36N2O2Si. The van der Waals surface area contributed by atoms with Gasteiger partial charge in [0.25, 0.3) is 0 Å². The Bertz CT molecular complexity index is 3180. The Morgan fingerprint density at radius 3 is 1.71 bits per heavy atom. The van der Waals surface area contributed by atoms with Crippen molar-refractivity contribution >= 4 is 67.7 Å². The van der Waals surface area contributed by atoms with Crippen LogP contribution in [0.4, 0.5) is 17.1 Å². The average Bonchev–Trinajstić information content (AvgIpc) is 3.80. The normalized spacial score (nSPS) is 14.8. The molecule has 0 bridgehead atoms. The fraction of sp³-hybridized carbons (Fsp3) is 0. The van der Waals surface area contributed by atoms with Gasteiger partial charge in [-0.3, -0.25) is 0 Å². The van der Waals surface area contributed by atoms with Crippen molar-refractivity contribution in [2.24, 2.45) is 0 Å². The molecule has 0 amide bonds. The van der Waals surface area contributed by atoms with Crippen LogP contribution in [0.1, 0.15) is 0 Å². The molecule has 2 aliphatic heterocycles. The third kappa shape index (κ3) is 5.02. The van der Waals surface area contributed by atoms with Gasteiger partial charge in [-0.1, -0.05) is 140 Å². The minimum atomic E-state index is -3.03. The highest BCUT2D eigenvalue weighted by Crippen LogP contribution is 2.50. The largest absolute Gasteiger partial charge is 0.449 e. The van der Waals surface area contributed by atoms with Crippen LogP contribution in [0.5, 0.6) is 23.0 Å². The van der Waals surface area contributed by atoms with Gasteiger partial charge in [-0.2, -0.15) is 0 Å². The number of hydrogen-bond acceptors (Lipinski definition) is 3. The van der Waals surface area contributed by atoms with Crippen molar-refractivity contribution in [3.8, 4) is 39.8 Å². The minimum absolute atomic E-state index is 0.728. The standard InChI is InChI=1S/C54H36N2O2Si/c1-4-16-37(17-5-1)55(38-18-6-2-7-19-38)40-28-30-41(31-29-40)59(42-32-33-47-45(36-42)43-22-10-12-24-46(43)56(47)39-20-8-3-9-21-39)51-27-15-11-23-44(51)53-52(59)35-34-50-54(53)58-49-26-14-13-25-48(49)57-50/h1-36H. The molecule has 2 aliphatic rings. The third-order valence-electron chi connectivity index (χ3n) is 12.1. The summed E-state index contributed by atoms with van der Waals surface area (Å²) in [5, 5.41) is 7.73. The fourth-order valence-corrected chi connectivity index (χ4v) is 14.8. The highest BCUT2D eigenvalue weighted by molar-refractivity contribution is 7.22. The number of benzene rings is 9. The zero-order valence-corrected chi connectivity index (χ0v) is 33.0. The first-order valence-electron chi connectivity index (χ1n) is 20.1. The van der Waals surface area contributed by atoms with Gasteiger partial charge in [0.2, 0.25) is 0 Å². The molecule has 5 heteroatoms. The Labute approximate surface area is 343 Å². The van der Waals surface area contributed by atoms with E-state index in [9.17, 15) is 0 Å². The van der Waals surface area contributed by atoms with Gasteiger partial charge in [0.1, 0.15) is 0 Å². The van der Waals surface area contributed by atoms with Crippen molar-refractivity contribution in [1.29, 1.82) is 0 Å². The van der Waals surface area contributed by atoms with Crippen molar-refractivity contribution in [3.63, 3.8) is 0 Å². The lowest BCUT2D eigenvalue weighted by molar-refractivity contribution is 0.361. The summed E-state index contributed by atoms with van der Waals surface area (Å²) in [7, 11) is -3.03. The lowest BCUT2D eigenvalue weighted by Crippen LogP contribution is -2.72. The number of hydrogen-bond donors (Lipinski definition) is 0. The zero-order valence-electron chi connectivity index (χ0n) is 32.0. The van der Waals surface area contributed by atoms with Gasteiger partial charge in [-0.15, -0.1) is 0 Å². The maximum absolute atomic E-state index is 6.86. The van der Waals surface area contributed by atoms with Gasteiger partial charge in [0.15, 0.2) is 31.1 Å². The molecule has 0 saturated heterocycles. The van der Waals surface area contributed by atoms with E-state index in [1.54, 1.807) is 0 Å². The van der Waals surface area contributed by atoms with Crippen LogP contribution in [0.2, 0.25) is 0 Å². The van der Waals surface area contributed by atoms with E-state index in [1.807, 2.05) is 24.3 Å². The van der Waals surface area contributed by atoms with Crippen molar-refractivity contribution in [2.45, 2.75) is 0 Å². The first-order valence-corrected chi connectivity index (χ1v) is 22.1. The summed E-state index contributed by atoms with van der Waals surface area (Å²) in [5.41, 5.74) is 9.16. The van der Waals surface area contributed by atoms with Crippen LogP contribution < -0.4 is 35.1 Å². The van der Waals surface area contributed by atoms with E-state index in [0.29, 0.717) is 0 Å². The SMILES string of the molecule is c1ccc(N(c2ccccc2)c2ccc([Si]3(c4ccc5c(c4)c4ccccc4n5-c4ccccc4)c4ccccc4-c4c3ccc3c4Oc4ccccc4O3)cc2)cc1. The predicted molar refractivity (Wildman–Crippen MR) is 245 cm³/mol. The monoisotopic (exact) mass is 772 g/mol. The van der Waals surface area contributed by atoms with Gasteiger partial charge in [0.05, 0.1) is 11.0 Å². The highest BCUT2D eigenvalue weighted by Gasteiger charge is 2.51.